The molecule has 0 saturated carbocycles. The molecule has 0 atom stereocenters. The number of hydrogen-bond donors (Lipinski definition) is 2. The third-order valence-electron chi connectivity index (χ3n) is 4.68. The molecule has 1 aromatic heterocycles. The van der Waals surface area contributed by atoms with E-state index in [1.165, 1.54) is 0 Å². The van der Waals surface area contributed by atoms with Gasteiger partial charge in [-0.15, -0.1) is 16.7 Å². The van der Waals surface area contributed by atoms with Gasteiger partial charge in [-0.25, -0.2) is 0 Å². The fraction of sp³-hybridized carbons (Fsp3) is 0.0870. The summed E-state index contributed by atoms with van der Waals surface area (Å²) < 4.78 is 2.36. The molecule has 0 bridgehead atoms. The van der Waals surface area contributed by atoms with Crippen LogP contribution in [0, 0.1) is 12.3 Å². The minimum absolute atomic E-state index is 0.0186. The second kappa shape index (κ2) is 8.39. The Bertz CT molecular complexity index is 1330. The Morgan fingerprint density at radius 3 is 2.73 bits per heavy atom. The maximum absolute atomic E-state index is 12.2. The van der Waals surface area contributed by atoms with E-state index >= 15 is 0 Å². The van der Waals surface area contributed by atoms with E-state index in [1.54, 1.807) is 10.6 Å². The Morgan fingerprint density at radius 1 is 1.13 bits per heavy atom. The van der Waals surface area contributed by atoms with Gasteiger partial charge < -0.3 is 10.4 Å². The Hall–Kier alpha value is -3.63. The van der Waals surface area contributed by atoms with Crippen LogP contribution in [0.1, 0.15) is 0 Å². The van der Waals surface area contributed by atoms with Crippen LogP contribution in [0.4, 0.5) is 11.4 Å². The molecule has 0 radical (unpaired) electrons. The summed E-state index contributed by atoms with van der Waals surface area (Å²) in [5, 5.41) is 24.2. The summed E-state index contributed by atoms with van der Waals surface area (Å²) in [6, 6.07) is 19.3. The summed E-state index contributed by atoms with van der Waals surface area (Å²) in [6.45, 7) is 0.159. The second-order valence-corrected chi connectivity index (χ2v) is 7.55. The molecule has 2 N–H and O–H groups in total. The monoisotopic (exact) mass is 460 g/mol. The molecule has 0 aliphatic rings. The number of benzene rings is 3. The molecule has 148 valence electrons. The highest BCUT2D eigenvalue weighted by Gasteiger charge is 2.17. The van der Waals surface area contributed by atoms with Crippen LogP contribution in [0.15, 0.2) is 75.4 Å². The minimum atomic E-state index is -0.463. The van der Waals surface area contributed by atoms with Crippen molar-refractivity contribution in [2.75, 3.05) is 11.9 Å². The van der Waals surface area contributed by atoms with Crippen LogP contribution in [0.3, 0.4) is 0 Å². The molecular weight excluding hydrogens is 444 g/mol. The van der Waals surface area contributed by atoms with Crippen molar-refractivity contribution in [3.63, 3.8) is 0 Å². The fourth-order valence-corrected chi connectivity index (χ4v) is 3.62. The van der Waals surface area contributed by atoms with Gasteiger partial charge >= 0.3 is 0 Å². The number of amides is 1. The van der Waals surface area contributed by atoms with E-state index in [1.807, 2.05) is 54.6 Å². The summed E-state index contributed by atoms with van der Waals surface area (Å²) >= 11 is 3.41. The maximum Gasteiger partial charge on any atom is 0.283 e. The molecule has 6 nitrogen and oxygen atoms in total. The first kappa shape index (κ1) is 19.7. The molecule has 4 rings (SSSR count). The highest BCUT2D eigenvalue weighted by Crippen LogP contribution is 2.40. The van der Waals surface area contributed by atoms with Gasteiger partial charge in [-0.2, -0.15) is 0 Å². The second-order valence-electron chi connectivity index (χ2n) is 6.63. The summed E-state index contributed by atoms with van der Waals surface area (Å²) in [7, 11) is 0. The van der Waals surface area contributed by atoms with Crippen molar-refractivity contribution < 1.29 is 9.90 Å². The first-order valence-electron chi connectivity index (χ1n) is 9.18. The van der Waals surface area contributed by atoms with E-state index in [0.717, 1.165) is 20.9 Å². The number of carbonyl (C=O) groups excluding carboxylic acids is 1. The van der Waals surface area contributed by atoms with Crippen LogP contribution in [-0.4, -0.2) is 22.1 Å². The number of carbonyl (C=O) groups is 1. The topological polar surface area (TPSA) is 79.0 Å². The zero-order chi connectivity index (χ0) is 21.1. The van der Waals surface area contributed by atoms with Gasteiger partial charge in [0.05, 0.1) is 18.6 Å². The Balaban J connectivity index is 1.53. The number of rotatable bonds is 5. The van der Waals surface area contributed by atoms with Gasteiger partial charge in [0.1, 0.15) is 0 Å². The van der Waals surface area contributed by atoms with Crippen molar-refractivity contribution in [3.8, 4) is 18.2 Å². The van der Waals surface area contributed by atoms with Gasteiger partial charge in [-0.05, 0) is 41.1 Å². The lowest BCUT2D eigenvalue weighted by Crippen LogP contribution is -2.10. The smallest absolute Gasteiger partial charge is 0.283 e. The predicted molar refractivity (Wildman–Crippen MR) is 122 cm³/mol. The number of halogens is 1. The molecule has 1 heterocycles. The van der Waals surface area contributed by atoms with E-state index in [9.17, 15) is 9.90 Å². The molecule has 7 heteroatoms. The lowest BCUT2D eigenvalue weighted by atomic mass is 10.1. The molecule has 0 spiro atoms. The SMILES string of the molecule is C#CCn1c(O)c(N=NC(=O)CNc2ccc3ccccc3c2)c2cc(Br)ccc21. The van der Waals surface area contributed by atoms with E-state index in [4.69, 9.17) is 6.42 Å². The van der Waals surface area contributed by atoms with Crippen LogP contribution < -0.4 is 5.32 Å². The average Bonchev–Trinajstić information content (AvgIpc) is 3.01. The molecule has 0 aliphatic heterocycles. The number of terminal acetylenes is 1. The normalized spacial score (nSPS) is 11.2. The largest absolute Gasteiger partial charge is 0.493 e. The number of fused-ring (bicyclic) bond motifs is 2. The van der Waals surface area contributed by atoms with Crippen LogP contribution >= 0.6 is 15.9 Å². The maximum atomic E-state index is 12.2. The van der Waals surface area contributed by atoms with Crippen LogP contribution in [0.2, 0.25) is 0 Å². The molecule has 30 heavy (non-hydrogen) atoms. The predicted octanol–water partition coefficient (Wildman–Crippen LogP) is 5.62. The number of azo groups is 1. The molecule has 3 aromatic carbocycles. The highest BCUT2D eigenvalue weighted by molar-refractivity contribution is 9.10. The molecular formula is C23H17BrN4O2. The van der Waals surface area contributed by atoms with E-state index < -0.39 is 5.91 Å². The van der Waals surface area contributed by atoms with Gasteiger partial charge in [0.2, 0.25) is 5.88 Å². The van der Waals surface area contributed by atoms with Crippen LogP contribution in [0.25, 0.3) is 21.7 Å². The van der Waals surface area contributed by atoms with Gasteiger partial charge in [0.25, 0.3) is 5.91 Å². The third-order valence-corrected chi connectivity index (χ3v) is 5.17. The minimum Gasteiger partial charge on any atom is -0.493 e. The first-order valence-corrected chi connectivity index (χ1v) is 9.97. The lowest BCUT2D eigenvalue weighted by Gasteiger charge is -2.05. The zero-order valence-electron chi connectivity index (χ0n) is 15.8. The quantitative estimate of drug-likeness (QED) is 0.299. The van der Waals surface area contributed by atoms with E-state index in [0.29, 0.717) is 10.9 Å². The van der Waals surface area contributed by atoms with Crippen molar-refractivity contribution in [1.29, 1.82) is 0 Å². The van der Waals surface area contributed by atoms with Crippen molar-refractivity contribution in [1.82, 2.24) is 4.57 Å². The molecule has 4 aromatic rings. The van der Waals surface area contributed by atoms with Gasteiger partial charge in [-0.3, -0.25) is 9.36 Å². The Morgan fingerprint density at radius 2 is 1.93 bits per heavy atom. The molecule has 0 fully saturated rings. The number of aromatic hydroxyl groups is 1. The lowest BCUT2D eigenvalue weighted by molar-refractivity contribution is -0.116. The van der Waals surface area contributed by atoms with Crippen molar-refractivity contribution in [2.45, 2.75) is 6.54 Å². The molecule has 0 unspecified atom stereocenters. The summed E-state index contributed by atoms with van der Waals surface area (Å²) in [5.41, 5.74) is 1.74. The van der Waals surface area contributed by atoms with Crippen molar-refractivity contribution in [2.24, 2.45) is 10.2 Å². The first-order chi connectivity index (χ1) is 14.6. The molecule has 1 amide bonds. The highest BCUT2D eigenvalue weighted by atomic mass is 79.9. The van der Waals surface area contributed by atoms with Crippen LogP contribution in [0.5, 0.6) is 5.88 Å². The number of aromatic nitrogens is 1. The van der Waals surface area contributed by atoms with Gasteiger partial charge in [0.15, 0.2) is 5.69 Å². The Labute approximate surface area is 181 Å². The number of nitrogens with zero attached hydrogens (tertiary/aromatic N) is 3. The standard InChI is InChI=1S/C23H17BrN4O2/c1-2-11-28-20-10-8-17(24)13-19(20)22(23(28)30)27-26-21(29)14-25-18-9-7-15-5-3-4-6-16(15)12-18/h1,3-10,12-13,25,30H,11,14H2. The van der Waals surface area contributed by atoms with Crippen molar-refractivity contribution in [3.05, 3.63) is 65.1 Å². The summed E-state index contributed by atoms with van der Waals surface area (Å²) in [4.78, 5) is 12.2. The number of anilines is 1. The summed E-state index contributed by atoms with van der Waals surface area (Å²) in [6.07, 6.45) is 5.40. The summed E-state index contributed by atoms with van der Waals surface area (Å²) in [5.74, 6) is 1.92. The van der Waals surface area contributed by atoms with Gasteiger partial charge in [-0.1, -0.05) is 52.2 Å². The van der Waals surface area contributed by atoms with E-state index in [2.05, 4.69) is 37.4 Å². The number of nitrogens with one attached hydrogen (secondary N) is 1. The molecule has 0 aliphatic carbocycles. The average molecular weight is 461 g/mol. The fourth-order valence-electron chi connectivity index (χ4n) is 3.26. The number of hydrogen-bond acceptors (Lipinski definition) is 4. The molecule has 0 saturated heterocycles. The van der Waals surface area contributed by atoms with Crippen molar-refractivity contribution >= 4 is 54.9 Å². The van der Waals surface area contributed by atoms with Crippen LogP contribution in [-0.2, 0) is 11.3 Å². The zero-order valence-corrected chi connectivity index (χ0v) is 17.4. The van der Waals surface area contributed by atoms with Gasteiger partial charge in [0, 0.05) is 15.5 Å². The van der Waals surface area contributed by atoms with E-state index in [-0.39, 0.29) is 24.7 Å². The third kappa shape index (κ3) is 3.91. The Kier molecular flexibility index (Phi) is 5.50.